The third-order valence-electron chi connectivity index (χ3n) is 4.20. The van der Waals surface area contributed by atoms with Crippen LogP contribution >= 0.6 is 0 Å². The van der Waals surface area contributed by atoms with Gasteiger partial charge in [0.05, 0.1) is 12.8 Å². The summed E-state index contributed by atoms with van der Waals surface area (Å²) in [5.41, 5.74) is 2.52. The van der Waals surface area contributed by atoms with E-state index < -0.39 is 17.9 Å². The topological polar surface area (TPSA) is 89.9 Å². The van der Waals surface area contributed by atoms with Crippen molar-refractivity contribution in [3.63, 3.8) is 0 Å². The van der Waals surface area contributed by atoms with Gasteiger partial charge in [-0.05, 0) is 32.8 Å². The second-order valence-electron chi connectivity index (χ2n) is 6.75. The Balaban J connectivity index is 2.64. The Bertz CT molecular complexity index is 951. The van der Waals surface area contributed by atoms with Gasteiger partial charge in [0.2, 0.25) is 0 Å². The molecule has 28 heavy (non-hydrogen) atoms. The Labute approximate surface area is 163 Å². The molecule has 0 radical (unpaired) electrons. The molecule has 0 heterocycles. The molecule has 1 N–H and O–H groups in total. The minimum atomic E-state index is -1.06. The molecule has 6 nitrogen and oxygen atoms in total. The predicted octanol–water partition coefficient (Wildman–Crippen LogP) is 4.35. The molecule has 0 saturated heterocycles. The lowest BCUT2D eigenvalue weighted by atomic mass is 9.96. The number of carboxylic acid groups (broad SMARTS) is 1. The smallest absolute Gasteiger partial charge is 0.311 e. The first-order valence-corrected chi connectivity index (χ1v) is 8.99. The molecule has 0 atom stereocenters. The number of aliphatic carboxylic acids is 1. The average molecular weight is 384 g/mol. The molecule has 0 saturated carbocycles. The van der Waals surface area contributed by atoms with Crippen LogP contribution in [0.5, 0.6) is 11.5 Å². The summed E-state index contributed by atoms with van der Waals surface area (Å²) >= 11 is 0. The van der Waals surface area contributed by atoms with Crippen molar-refractivity contribution in [2.24, 2.45) is 0 Å². The fraction of sp³-hybridized carbons (Fsp3) is 0.318. The molecule has 0 amide bonds. The van der Waals surface area contributed by atoms with Crippen LogP contribution in [0.2, 0.25) is 0 Å². The molecular weight excluding hydrogens is 360 g/mol. The molecule has 6 heteroatoms. The second kappa shape index (κ2) is 9.17. The van der Waals surface area contributed by atoms with Crippen LogP contribution in [0, 0.1) is 6.92 Å². The maximum Gasteiger partial charge on any atom is 0.311 e. The van der Waals surface area contributed by atoms with E-state index in [9.17, 15) is 14.4 Å². The Morgan fingerprint density at radius 1 is 0.964 bits per heavy atom. The van der Waals surface area contributed by atoms with Crippen LogP contribution in [0.25, 0.3) is 10.8 Å². The molecule has 2 rings (SSSR count). The molecule has 0 unspecified atom stereocenters. The molecule has 2 aromatic rings. The Morgan fingerprint density at radius 3 is 2.11 bits per heavy atom. The minimum Gasteiger partial charge on any atom is -0.481 e. The van der Waals surface area contributed by atoms with Crippen molar-refractivity contribution in [1.29, 1.82) is 0 Å². The molecule has 148 valence electrons. The van der Waals surface area contributed by atoms with Gasteiger partial charge in [0, 0.05) is 23.3 Å². The van der Waals surface area contributed by atoms with Gasteiger partial charge in [-0.3, -0.25) is 14.4 Å². The highest BCUT2D eigenvalue weighted by atomic mass is 16.5. The molecular formula is C22H24O6. The van der Waals surface area contributed by atoms with Gasteiger partial charge in [0.25, 0.3) is 0 Å². The number of carboxylic acids is 1. The van der Waals surface area contributed by atoms with E-state index in [0.29, 0.717) is 34.3 Å². The lowest BCUT2D eigenvalue weighted by molar-refractivity contribution is -0.142. The molecule has 2 aromatic carbocycles. The second-order valence-corrected chi connectivity index (χ2v) is 6.75. The maximum atomic E-state index is 12.2. The summed E-state index contributed by atoms with van der Waals surface area (Å²) in [7, 11) is 0. The monoisotopic (exact) mass is 384 g/mol. The van der Waals surface area contributed by atoms with Crippen LogP contribution in [-0.2, 0) is 20.8 Å². The number of hydrogen-bond acceptors (Lipinski definition) is 5. The van der Waals surface area contributed by atoms with Gasteiger partial charge in [-0.1, -0.05) is 35.9 Å². The van der Waals surface area contributed by atoms with Crippen molar-refractivity contribution in [2.75, 3.05) is 0 Å². The molecule has 0 aliphatic heterocycles. The van der Waals surface area contributed by atoms with Gasteiger partial charge in [0.15, 0.2) is 0 Å². The summed E-state index contributed by atoms with van der Waals surface area (Å²) in [5.74, 6) is -1.31. The normalized spacial score (nSPS) is 10.4. The van der Waals surface area contributed by atoms with Gasteiger partial charge in [-0.25, -0.2) is 0 Å². The van der Waals surface area contributed by atoms with Crippen molar-refractivity contribution in [2.45, 2.75) is 47.0 Å². The van der Waals surface area contributed by atoms with Crippen LogP contribution in [0.1, 0.15) is 44.7 Å². The van der Waals surface area contributed by atoms with E-state index in [-0.39, 0.29) is 12.8 Å². The van der Waals surface area contributed by atoms with Gasteiger partial charge in [0.1, 0.15) is 11.5 Å². The number of fused-ring (bicyclic) bond motifs is 1. The highest BCUT2D eigenvalue weighted by Crippen LogP contribution is 2.41. The zero-order valence-electron chi connectivity index (χ0n) is 16.5. The van der Waals surface area contributed by atoms with Crippen LogP contribution < -0.4 is 9.47 Å². The standard InChI is InChI=1S/C22H24O6/c1-13(2)9-10-16-14(3)21(28-20(26)12-11-19(24)25)17-7-5-6-8-18(17)22(16)27-15(4)23/h5-9H,10-12H2,1-4H3,(H,24,25). The van der Waals surface area contributed by atoms with Crippen molar-refractivity contribution in [3.8, 4) is 11.5 Å². The number of carbonyl (C=O) groups excluding carboxylic acids is 2. The lowest BCUT2D eigenvalue weighted by Crippen LogP contribution is -2.13. The predicted molar refractivity (Wildman–Crippen MR) is 106 cm³/mol. The number of ether oxygens (including phenoxy) is 2. The Hall–Kier alpha value is -3.15. The van der Waals surface area contributed by atoms with Crippen molar-refractivity contribution < 1.29 is 29.0 Å². The van der Waals surface area contributed by atoms with Crippen molar-refractivity contribution in [1.82, 2.24) is 0 Å². The largest absolute Gasteiger partial charge is 0.481 e. The summed E-state index contributed by atoms with van der Waals surface area (Å²) < 4.78 is 11.1. The lowest BCUT2D eigenvalue weighted by Gasteiger charge is -2.19. The molecule has 0 aliphatic carbocycles. The first kappa shape index (κ1) is 21.2. The first-order chi connectivity index (χ1) is 13.2. The van der Waals surface area contributed by atoms with E-state index in [2.05, 4.69) is 0 Å². The number of allylic oxidation sites excluding steroid dienone is 2. The van der Waals surface area contributed by atoms with E-state index in [1.54, 1.807) is 25.1 Å². The maximum absolute atomic E-state index is 12.2. The van der Waals surface area contributed by atoms with Gasteiger partial charge < -0.3 is 14.6 Å². The molecule has 0 bridgehead atoms. The quantitative estimate of drug-likeness (QED) is 0.434. The number of carbonyl (C=O) groups is 3. The van der Waals surface area contributed by atoms with Crippen LogP contribution in [0.3, 0.4) is 0 Å². The van der Waals surface area contributed by atoms with Gasteiger partial charge in [-0.2, -0.15) is 0 Å². The highest BCUT2D eigenvalue weighted by molar-refractivity contribution is 5.98. The highest BCUT2D eigenvalue weighted by Gasteiger charge is 2.21. The van der Waals surface area contributed by atoms with Crippen molar-refractivity contribution in [3.05, 3.63) is 47.0 Å². The SMILES string of the molecule is CC(=O)Oc1c(CC=C(C)C)c(C)c(OC(=O)CCC(=O)O)c2ccccc12. The van der Waals surface area contributed by atoms with E-state index in [1.807, 2.05) is 26.0 Å². The van der Waals surface area contributed by atoms with Crippen LogP contribution in [0.4, 0.5) is 0 Å². The Morgan fingerprint density at radius 2 is 1.57 bits per heavy atom. The van der Waals surface area contributed by atoms with Crippen LogP contribution in [0.15, 0.2) is 35.9 Å². The van der Waals surface area contributed by atoms with E-state index >= 15 is 0 Å². The summed E-state index contributed by atoms with van der Waals surface area (Å²) in [6, 6.07) is 7.18. The van der Waals surface area contributed by atoms with E-state index in [4.69, 9.17) is 14.6 Å². The van der Waals surface area contributed by atoms with Crippen LogP contribution in [-0.4, -0.2) is 23.0 Å². The van der Waals surface area contributed by atoms with Crippen molar-refractivity contribution >= 4 is 28.7 Å². The third-order valence-corrected chi connectivity index (χ3v) is 4.20. The zero-order valence-corrected chi connectivity index (χ0v) is 16.5. The first-order valence-electron chi connectivity index (χ1n) is 8.99. The molecule has 0 spiro atoms. The average Bonchev–Trinajstić information content (AvgIpc) is 2.62. The minimum absolute atomic E-state index is 0.224. The molecule has 0 aromatic heterocycles. The number of benzene rings is 2. The summed E-state index contributed by atoms with van der Waals surface area (Å²) in [6.07, 6.45) is 1.98. The number of hydrogen-bond donors (Lipinski definition) is 1. The Kier molecular flexibility index (Phi) is 6.93. The van der Waals surface area contributed by atoms with E-state index in [1.165, 1.54) is 6.92 Å². The number of rotatable bonds is 7. The fourth-order valence-electron chi connectivity index (χ4n) is 2.87. The van der Waals surface area contributed by atoms with Gasteiger partial charge >= 0.3 is 17.9 Å². The van der Waals surface area contributed by atoms with E-state index in [0.717, 1.165) is 11.1 Å². The summed E-state index contributed by atoms with van der Waals surface area (Å²) in [4.78, 5) is 34.6. The fourth-order valence-corrected chi connectivity index (χ4v) is 2.87. The third kappa shape index (κ3) is 5.19. The molecule has 0 fully saturated rings. The van der Waals surface area contributed by atoms with Gasteiger partial charge in [-0.15, -0.1) is 0 Å². The number of esters is 2. The zero-order chi connectivity index (χ0) is 20.8. The molecule has 0 aliphatic rings. The summed E-state index contributed by atoms with van der Waals surface area (Å²) in [5, 5.41) is 10.1. The summed E-state index contributed by atoms with van der Waals surface area (Å²) in [6.45, 7) is 7.07.